The third-order valence-electron chi connectivity index (χ3n) is 3.87. The Morgan fingerprint density at radius 2 is 2.14 bits per heavy atom. The maximum absolute atomic E-state index is 4.87. The lowest BCUT2D eigenvalue weighted by Crippen LogP contribution is -2.14. The predicted octanol–water partition coefficient (Wildman–Crippen LogP) is 3.43. The summed E-state index contributed by atoms with van der Waals surface area (Å²) in [6.07, 6.45) is 7.98. The van der Waals surface area contributed by atoms with Crippen LogP contribution < -0.4 is 0 Å². The summed E-state index contributed by atoms with van der Waals surface area (Å²) in [6, 6.07) is 8.02. The van der Waals surface area contributed by atoms with Crippen LogP contribution in [0.3, 0.4) is 0 Å². The predicted molar refractivity (Wildman–Crippen MR) is 86.0 cm³/mol. The number of hydrogen-bond donors (Lipinski definition) is 0. The van der Waals surface area contributed by atoms with Crippen LogP contribution in [-0.4, -0.2) is 31.0 Å². The van der Waals surface area contributed by atoms with Crippen molar-refractivity contribution in [2.45, 2.75) is 18.8 Å². The van der Waals surface area contributed by atoms with Gasteiger partial charge >= 0.3 is 0 Å². The van der Waals surface area contributed by atoms with Crippen LogP contribution in [0.1, 0.15) is 24.6 Å². The van der Waals surface area contributed by atoms with Crippen LogP contribution in [-0.2, 0) is 0 Å². The molecule has 3 aromatic heterocycles. The fourth-order valence-electron chi connectivity index (χ4n) is 2.89. The minimum Gasteiger partial charge on any atom is -0.279 e. The molecule has 3 aromatic rings. The Labute approximate surface area is 127 Å². The number of imidazole rings is 1. The monoisotopic (exact) mass is 296 g/mol. The molecule has 1 saturated heterocycles. The summed E-state index contributed by atoms with van der Waals surface area (Å²) in [5, 5.41) is 0. The molecule has 0 bridgehead atoms. The van der Waals surface area contributed by atoms with Gasteiger partial charge in [-0.3, -0.25) is 9.55 Å². The van der Waals surface area contributed by atoms with Crippen LogP contribution in [0.25, 0.3) is 16.9 Å². The van der Waals surface area contributed by atoms with Gasteiger partial charge in [0.2, 0.25) is 0 Å². The van der Waals surface area contributed by atoms with Crippen molar-refractivity contribution in [1.82, 2.24) is 19.5 Å². The minimum atomic E-state index is 0.498. The summed E-state index contributed by atoms with van der Waals surface area (Å²) in [7, 11) is 0. The summed E-state index contributed by atoms with van der Waals surface area (Å²) in [6.45, 7) is 0. The van der Waals surface area contributed by atoms with Gasteiger partial charge in [-0.25, -0.2) is 9.97 Å². The van der Waals surface area contributed by atoms with E-state index in [0.29, 0.717) is 5.92 Å². The van der Waals surface area contributed by atoms with Crippen molar-refractivity contribution in [3.8, 4) is 5.69 Å². The summed E-state index contributed by atoms with van der Waals surface area (Å²) in [5.41, 5.74) is 2.94. The van der Waals surface area contributed by atoms with E-state index in [2.05, 4.69) is 20.6 Å². The normalized spacial score (nSPS) is 19.0. The molecule has 0 N–H and O–H groups in total. The molecule has 1 atom stereocenters. The number of pyridine rings is 2. The fourth-order valence-corrected chi connectivity index (χ4v) is 4.03. The largest absolute Gasteiger partial charge is 0.279 e. The number of rotatable bonds is 2. The van der Waals surface area contributed by atoms with Crippen molar-refractivity contribution in [2.75, 3.05) is 11.5 Å². The number of nitrogens with zero attached hydrogens (tertiary/aromatic N) is 4. The lowest BCUT2D eigenvalue weighted by atomic mass is 10.0. The molecule has 4 rings (SSSR count). The van der Waals surface area contributed by atoms with E-state index in [1.165, 1.54) is 18.6 Å². The smallest absolute Gasteiger partial charge is 0.164 e. The van der Waals surface area contributed by atoms with Crippen LogP contribution in [0.15, 0.2) is 42.9 Å². The van der Waals surface area contributed by atoms with Gasteiger partial charge in [-0.1, -0.05) is 0 Å². The molecule has 21 heavy (non-hydrogen) atoms. The van der Waals surface area contributed by atoms with E-state index in [9.17, 15) is 0 Å². The summed E-state index contributed by atoms with van der Waals surface area (Å²) in [5.74, 6) is 4.04. The lowest BCUT2D eigenvalue weighted by Gasteiger charge is -2.21. The number of fused-ring (bicyclic) bond motifs is 1. The zero-order valence-electron chi connectivity index (χ0n) is 11.6. The molecule has 1 aliphatic heterocycles. The second kappa shape index (κ2) is 5.48. The van der Waals surface area contributed by atoms with Gasteiger partial charge in [-0.15, -0.1) is 0 Å². The van der Waals surface area contributed by atoms with E-state index < -0.39 is 0 Å². The Bertz CT molecular complexity index is 747. The highest BCUT2D eigenvalue weighted by Crippen LogP contribution is 2.33. The Balaban J connectivity index is 1.92. The van der Waals surface area contributed by atoms with Crippen molar-refractivity contribution in [3.05, 3.63) is 48.7 Å². The molecule has 0 spiro atoms. The molecule has 1 aliphatic rings. The van der Waals surface area contributed by atoms with E-state index in [1.54, 1.807) is 6.20 Å². The molecule has 0 aromatic carbocycles. The van der Waals surface area contributed by atoms with Crippen LogP contribution >= 0.6 is 11.8 Å². The van der Waals surface area contributed by atoms with Crippen molar-refractivity contribution in [2.24, 2.45) is 0 Å². The maximum Gasteiger partial charge on any atom is 0.164 e. The first-order chi connectivity index (χ1) is 10.4. The molecule has 4 heterocycles. The number of thioether (sulfide) groups is 1. The topological polar surface area (TPSA) is 43.6 Å². The van der Waals surface area contributed by atoms with E-state index in [0.717, 1.165) is 28.4 Å². The van der Waals surface area contributed by atoms with Crippen LogP contribution in [0.5, 0.6) is 0 Å². The van der Waals surface area contributed by atoms with Gasteiger partial charge in [0.05, 0.1) is 11.9 Å². The summed E-state index contributed by atoms with van der Waals surface area (Å²) < 4.78 is 2.18. The molecule has 0 aliphatic carbocycles. The quantitative estimate of drug-likeness (QED) is 0.726. The second-order valence-electron chi connectivity index (χ2n) is 5.28. The van der Waals surface area contributed by atoms with Crippen LogP contribution in [0.4, 0.5) is 0 Å². The minimum absolute atomic E-state index is 0.498. The van der Waals surface area contributed by atoms with Gasteiger partial charge in [0, 0.05) is 24.1 Å². The zero-order valence-corrected chi connectivity index (χ0v) is 12.5. The average molecular weight is 296 g/mol. The third-order valence-corrected chi connectivity index (χ3v) is 5.09. The zero-order chi connectivity index (χ0) is 14.1. The average Bonchev–Trinajstić information content (AvgIpc) is 2.96. The van der Waals surface area contributed by atoms with Gasteiger partial charge in [-0.05, 0) is 42.9 Å². The molecule has 0 amide bonds. The molecule has 1 unspecified atom stereocenters. The van der Waals surface area contributed by atoms with E-state index in [4.69, 9.17) is 4.98 Å². The van der Waals surface area contributed by atoms with Crippen molar-refractivity contribution in [1.29, 1.82) is 0 Å². The van der Waals surface area contributed by atoms with E-state index in [1.807, 2.05) is 42.4 Å². The van der Waals surface area contributed by atoms with Crippen molar-refractivity contribution < 1.29 is 0 Å². The summed E-state index contributed by atoms with van der Waals surface area (Å²) >= 11 is 2.02. The molecular formula is C16H16N4S. The van der Waals surface area contributed by atoms with Gasteiger partial charge in [0.25, 0.3) is 0 Å². The van der Waals surface area contributed by atoms with E-state index >= 15 is 0 Å². The first-order valence-corrected chi connectivity index (χ1v) is 8.40. The standard InChI is InChI=1S/C16H16N4S/c1-5-13(10-17-7-1)20-15(12-4-3-9-21-11-12)19-14-6-2-8-18-16(14)20/h1-2,5-8,10,12H,3-4,9,11H2. The maximum atomic E-state index is 4.87. The lowest BCUT2D eigenvalue weighted by molar-refractivity contribution is 0.616. The van der Waals surface area contributed by atoms with E-state index in [-0.39, 0.29) is 0 Å². The molecule has 5 heteroatoms. The highest BCUT2D eigenvalue weighted by Gasteiger charge is 2.23. The van der Waals surface area contributed by atoms with Crippen molar-refractivity contribution >= 4 is 22.9 Å². The Morgan fingerprint density at radius 1 is 1.19 bits per heavy atom. The van der Waals surface area contributed by atoms with Crippen LogP contribution in [0.2, 0.25) is 0 Å². The highest BCUT2D eigenvalue weighted by atomic mass is 32.2. The van der Waals surface area contributed by atoms with Gasteiger partial charge < -0.3 is 0 Å². The van der Waals surface area contributed by atoms with Gasteiger partial charge in [0.15, 0.2) is 5.65 Å². The SMILES string of the molecule is c1cncc(-n2c(C3CCCSC3)nc3cccnc32)c1. The van der Waals surface area contributed by atoms with Crippen molar-refractivity contribution in [3.63, 3.8) is 0 Å². The van der Waals surface area contributed by atoms with Crippen LogP contribution in [0, 0.1) is 0 Å². The molecule has 4 nitrogen and oxygen atoms in total. The van der Waals surface area contributed by atoms with Gasteiger partial charge in [-0.2, -0.15) is 11.8 Å². The second-order valence-corrected chi connectivity index (χ2v) is 6.43. The number of aromatic nitrogens is 4. The summed E-state index contributed by atoms with van der Waals surface area (Å²) in [4.78, 5) is 13.7. The molecule has 1 fully saturated rings. The Kier molecular flexibility index (Phi) is 3.35. The molecule has 0 saturated carbocycles. The fraction of sp³-hybridized carbons (Fsp3) is 0.312. The first kappa shape index (κ1) is 12.8. The molecule has 106 valence electrons. The Morgan fingerprint density at radius 3 is 2.95 bits per heavy atom. The molecule has 0 radical (unpaired) electrons. The third kappa shape index (κ3) is 2.31. The van der Waals surface area contributed by atoms with Gasteiger partial charge in [0.1, 0.15) is 11.3 Å². The highest BCUT2D eigenvalue weighted by molar-refractivity contribution is 7.99. The first-order valence-electron chi connectivity index (χ1n) is 7.25. The Hall–Kier alpha value is -1.88. The molecular weight excluding hydrogens is 280 g/mol. The number of hydrogen-bond acceptors (Lipinski definition) is 4.